The maximum Gasteiger partial charge on any atom is 0.256 e. The van der Waals surface area contributed by atoms with E-state index in [-0.39, 0.29) is 30.7 Å². The molecule has 186 valence electrons. The maximum absolute atomic E-state index is 13.2. The molecule has 0 aromatic heterocycles. The number of hydrazine groups is 1. The fraction of sp³-hybridized carbons (Fsp3) is 0.444. The number of benzene rings is 2. The van der Waals surface area contributed by atoms with Crippen LogP contribution in [0.3, 0.4) is 0 Å². The predicted octanol–water partition coefficient (Wildman–Crippen LogP) is 2.36. The summed E-state index contributed by atoms with van der Waals surface area (Å²) in [6.45, 7) is 7.27. The normalized spacial score (nSPS) is 14.5. The minimum atomic E-state index is -0.152. The van der Waals surface area contributed by atoms with Crippen molar-refractivity contribution in [2.75, 3.05) is 45.1 Å². The molecular weight excluding hydrogens is 442 g/mol. The topological polar surface area (TPSA) is 85.0 Å². The molecule has 0 unspecified atom stereocenters. The number of carbonyl (C=O) groups is 3. The van der Waals surface area contributed by atoms with Crippen LogP contribution in [0.2, 0.25) is 0 Å². The van der Waals surface area contributed by atoms with E-state index in [1.54, 1.807) is 17.0 Å². The Hall–Kier alpha value is -3.23. The molecule has 2 aliphatic rings. The zero-order valence-corrected chi connectivity index (χ0v) is 20.9. The van der Waals surface area contributed by atoms with Crippen LogP contribution in [-0.2, 0) is 29.1 Å². The molecule has 0 radical (unpaired) electrons. The lowest BCUT2D eigenvalue weighted by molar-refractivity contribution is -0.151. The Morgan fingerprint density at radius 3 is 2.43 bits per heavy atom. The quantitative estimate of drug-likeness (QED) is 0.511. The molecule has 8 heteroatoms. The van der Waals surface area contributed by atoms with Gasteiger partial charge in [0.05, 0.1) is 6.54 Å². The average Bonchev–Trinajstić information content (AvgIpc) is 3.44. The lowest BCUT2D eigenvalue weighted by Crippen LogP contribution is -2.49. The van der Waals surface area contributed by atoms with Crippen LogP contribution in [0.15, 0.2) is 36.4 Å². The molecule has 1 aliphatic heterocycles. The molecule has 1 heterocycles. The van der Waals surface area contributed by atoms with Crippen LogP contribution in [0.1, 0.15) is 46.0 Å². The third-order valence-corrected chi connectivity index (χ3v) is 6.90. The van der Waals surface area contributed by atoms with Crippen molar-refractivity contribution in [2.45, 2.75) is 39.8 Å². The number of hydrogen-bond donors (Lipinski definition) is 2. The van der Waals surface area contributed by atoms with Gasteiger partial charge in [-0.15, -0.1) is 0 Å². The van der Waals surface area contributed by atoms with Crippen LogP contribution in [0.5, 0.6) is 0 Å². The van der Waals surface area contributed by atoms with E-state index in [1.165, 1.54) is 11.1 Å². The number of ketones is 1. The summed E-state index contributed by atoms with van der Waals surface area (Å²) in [5, 5.41) is 10.1. The number of nitrogens with one attached hydrogen (secondary N) is 2. The monoisotopic (exact) mass is 477 g/mol. The minimum absolute atomic E-state index is 0.0108. The number of aryl methyl sites for hydroxylation is 2. The zero-order chi connectivity index (χ0) is 24.9. The van der Waals surface area contributed by atoms with Crippen molar-refractivity contribution in [3.8, 4) is 0 Å². The van der Waals surface area contributed by atoms with Gasteiger partial charge in [-0.1, -0.05) is 37.3 Å². The maximum atomic E-state index is 13.2. The number of rotatable bonds is 10. The highest BCUT2D eigenvalue weighted by Gasteiger charge is 2.27. The Bertz CT molecular complexity index is 1090. The summed E-state index contributed by atoms with van der Waals surface area (Å²) >= 11 is 0. The van der Waals surface area contributed by atoms with Crippen LogP contribution >= 0.6 is 0 Å². The lowest BCUT2D eigenvalue weighted by Gasteiger charge is -2.31. The Labute approximate surface area is 207 Å². The fourth-order valence-electron chi connectivity index (χ4n) is 4.72. The molecule has 8 nitrogen and oxygen atoms in total. The molecule has 0 spiro atoms. The van der Waals surface area contributed by atoms with Gasteiger partial charge in [-0.05, 0) is 48.2 Å². The molecule has 2 aromatic rings. The number of amides is 2. The molecule has 2 aromatic carbocycles. The van der Waals surface area contributed by atoms with Gasteiger partial charge < -0.3 is 15.5 Å². The SMILES string of the molecule is CCNCCN(CC(=O)N(C)N1Cc2ccccc2C1)C(=O)CNc1cc2c(cc1C)CCC2=O. The predicted molar refractivity (Wildman–Crippen MR) is 136 cm³/mol. The van der Waals surface area contributed by atoms with Crippen LogP contribution in [0.4, 0.5) is 5.69 Å². The summed E-state index contributed by atoms with van der Waals surface area (Å²) in [5.74, 6) is -0.123. The van der Waals surface area contributed by atoms with Gasteiger partial charge in [-0.2, -0.15) is 0 Å². The first kappa shape index (κ1) is 24.9. The van der Waals surface area contributed by atoms with Gasteiger partial charge >= 0.3 is 0 Å². The molecule has 35 heavy (non-hydrogen) atoms. The Morgan fingerprint density at radius 1 is 1.03 bits per heavy atom. The second-order valence-corrected chi connectivity index (χ2v) is 9.28. The number of likely N-dealkylation sites (N-methyl/N-ethyl adjacent to an activating group) is 2. The first-order valence-corrected chi connectivity index (χ1v) is 12.3. The molecule has 0 saturated carbocycles. The van der Waals surface area contributed by atoms with E-state index in [9.17, 15) is 14.4 Å². The van der Waals surface area contributed by atoms with Crippen LogP contribution in [-0.4, -0.2) is 72.3 Å². The van der Waals surface area contributed by atoms with Crippen molar-refractivity contribution in [3.63, 3.8) is 0 Å². The van der Waals surface area contributed by atoms with Crippen molar-refractivity contribution < 1.29 is 14.4 Å². The Kier molecular flexibility index (Phi) is 7.83. The second kappa shape index (κ2) is 11.0. The highest BCUT2D eigenvalue weighted by Crippen LogP contribution is 2.28. The van der Waals surface area contributed by atoms with Crippen LogP contribution < -0.4 is 10.6 Å². The van der Waals surface area contributed by atoms with Gasteiger partial charge in [0, 0.05) is 50.9 Å². The number of nitrogens with zero attached hydrogens (tertiary/aromatic N) is 3. The molecule has 0 saturated heterocycles. The highest BCUT2D eigenvalue weighted by atomic mass is 16.2. The third-order valence-electron chi connectivity index (χ3n) is 6.90. The van der Waals surface area contributed by atoms with Gasteiger partial charge in [0.2, 0.25) is 5.91 Å². The van der Waals surface area contributed by atoms with Gasteiger partial charge in [0.25, 0.3) is 5.91 Å². The number of fused-ring (bicyclic) bond motifs is 2. The van der Waals surface area contributed by atoms with Crippen molar-refractivity contribution in [3.05, 3.63) is 64.2 Å². The molecule has 0 fully saturated rings. The van der Waals surface area contributed by atoms with E-state index in [2.05, 4.69) is 22.8 Å². The number of anilines is 1. The van der Waals surface area contributed by atoms with Crippen molar-refractivity contribution in [1.29, 1.82) is 0 Å². The minimum Gasteiger partial charge on any atom is -0.376 e. The summed E-state index contributed by atoms with van der Waals surface area (Å²) in [6.07, 6.45) is 1.33. The molecule has 2 N–H and O–H groups in total. The van der Waals surface area contributed by atoms with Crippen molar-refractivity contribution >= 4 is 23.3 Å². The summed E-state index contributed by atoms with van der Waals surface area (Å²) in [5.41, 5.74) is 6.07. The first-order chi connectivity index (χ1) is 16.9. The lowest BCUT2D eigenvalue weighted by atomic mass is 10.0. The van der Waals surface area contributed by atoms with E-state index < -0.39 is 0 Å². The van der Waals surface area contributed by atoms with Gasteiger partial charge in [0.1, 0.15) is 6.54 Å². The summed E-state index contributed by atoms with van der Waals surface area (Å²) in [4.78, 5) is 40.0. The average molecular weight is 478 g/mol. The van der Waals surface area contributed by atoms with Gasteiger partial charge in [0.15, 0.2) is 5.78 Å². The van der Waals surface area contributed by atoms with E-state index in [1.807, 2.05) is 43.1 Å². The van der Waals surface area contributed by atoms with Gasteiger partial charge in [-0.25, -0.2) is 5.01 Å². The molecule has 2 amide bonds. The summed E-state index contributed by atoms with van der Waals surface area (Å²) < 4.78 is 0. The molecule has 0 bridgehead atoms. The van der Waals surface area contributed by atoms with Crippen LogP contribution in [0.25, 0.3) is 0 Å². The fourth-order valence-corrected chi connectivity index (χ4v) is 4.72. The number of carbonyl (C=O) groups excluding carboxylic acids is 3. The van der Waals surface area contributed by atoms with E-state index in [0.717, 1.165) is 35.3 Å². The summed E-state index contributed by atoms with van der Waals surface area (Å²) in [7, 11) is 1.77. The highest BCUT2D eigenvalue weighted by molar-refractivity contribution is 6.01. The second-order valence-electron chi connectivity index (χ2n) is 9.28. The van der Waals surface area contributed by atoms with Crippen molar-refractivity contribution in [1.82, 2.24) is 20.2 Å². The van der Waals surface area contributed by atoms with E-state index in [0.29, 0.717) is 32.6 Å². The number of hydrogen-bond acceptors (Lipinski definition) is 6. The van der Waals surface area contributed by atoms with E-state index >= 15 is 0 Å². The zero-order valence-electron chi connectivity index (χ0n) is 20.9. The van der Waals surface area contributed by atoms with Crippen LogP contribution in [0, 0.1) is 6.92 Å². The Balaban J connectivity index is 1.38. The third kappa shape index (κ3) is 5.71. The summed E-state index contributed by atoms with van der Waals surface area (Å²) in [6, 6.07) is 12.1. The smallest absolute Gasteiger partial charge is 0.256 e. The van der Waals surface area contributed by atoms with Gasteiger partial charge in [-0.3, -0.25) is 19.4 Å². The largest absolute Gasteiger partial charge is 0.376 e. The molecule has 1 aliphatic carbocycles. The standard InChI is InChI=1S/C27H35N5O3/c1-4-28-11-12-31(18-27(35)30(3)32-16-21-7-5-6-8-22(21)17-32)26(34)15-29-24-14-23-20(13-19(24)2)9-10-25(23)33/h5-8,13-14,28-29H,4,9-12,15-18H2,1-3H3. The molecular formula is C27H35N5O3. The number of Topliss-reactive ketones (excluding diaryl/α,β-unsaturated/α-hetero) is 1. The molecule has 4 rings (SSSR count). The Morgan fingerprint density at radius 2 is 1.74 bits per heavy atom. The molecule has 0 atom stereocenters. The van der Waals surface area contributed by atoms with E-state index in [4.69, 9.17) is 0 Å². The van der Waals surface area contributed by atoms with Crippen molar-refractivity contribution in [2.24, 2.45) is 0 Å². The first-order valence-electron chi connectivity index (χ1n) is 12.3.